The zero-order valence-corrected chi connectivity index (χ0v) is 15.1. The van der Waals surface area contributed by atoms with Gasteiger partial charge in [-0.15, -0.1) is 0 Å². The average Bonchev–Trinajstić information content (AvgIpc) is 2.85. The van der Waals surface area contributed by atoms with Crippen molar-refractivity contribution >= 4 is 33.2 Å². The molecule has 0 aliphatic heterocycles. The maximum Gasteiger partial charge on any atom is 0.0181 e. The van der Waals surface area contributed by atoms with Gasteiger partial charge in [0.1, 0.15) is 0 Å². The van der Waals surface area contributed by atoms with Crippen LogP contribution in [0.4, 0.5) is 0 Å². The molecule has 0 N–H and O–H groups in total. The largest absolute Gasteiger partial charge is 0.0984 e. The molecule has 1 heteroatoms. The van der Waals surface area contributed by atoms with Gasteiger partial charge in [0.25, 0.3) is 0 Å². The number of hydrogen-bond donors (Lipinski definition) is 0. The highest BCUT2D eigenvalue weighted by atomic mass is 79.9. The fourth-order valence-corrected chi connectivity index (χ4v) is 3.77. The van der Waals surface area contributed by atoms with E-state index >= 15 is 0 Å². The maximum atomic E-state index is 4.34. The number of rotatable bonds is 2. The molecule has 0 amide bonds. The van der Waals surface area contributed by atoms with Gasteiger partial charge in [-0.2, -0.15) is 0 Å². The van der Waals surface area contributed by atoms with Crippen LogP contribution in [-0.2, 0) is 0 Å². The lowest BCUT2D eigenvalue weighted by molar-refractivity contribution is 1.53. The van der Waals surface area contributed by atoms with E-state index in [1.165, 1.54) is 33.4 Å². The zero-order valence-electron chi connectivity index (χ0n) is 13.5. The number of halogens is 1. The second-order valence-corrected chi connectivity index (χ2v) is 6.46. The van der Waals surface area contributed by atoms with E-state index < -0.39 is 0 Å². The molecule has 1 aliphatic carbocycles. The van der Waals surface area contributed by atoms with Crippen LogP contribution in [0.15, 0.2) is 71.8 Å². The predicted molar refractivity (Wildman–Crippen MR) is 106 cm³/mol. The Morgan fingerprint density at radius 3 is 2.26 bits per heavy atom. The van der Waals surface area contributed by atoms with Crippen LogP contribution in [0.1, 0.15) is 30.5 Å². The van der Waals surface area contributed by atoms with E-state index in [1.54, 1.807) is 0 Å². The van der Waals surface area contributed by atoms with Gasteiger partial charge in [-0.05, 0) is 70.5 Å². The van der Waals surface area contributed by atoms with Crippen molar-refractivity contribution in [2.24, 2.45) is 0 Å². The lowest BCUT2D eigenvalue weighted by Crippen LogP contribution is -1.91. The summed E-state index contributed by atoms with van der Waals surface area (Å²) in [6.07, 6.45) is 6.26. The lowest BCUT2D eigenvalue weighted by Gasteiger charge is -2.12. The monoisotopic (exact) mass is 362 g/mol. The third-order valence-corrected chi connectivity index (χ3v) is 4.86. The highest BCUT2D eigenvalue weighted by molar-refractivity contribution is 9.10. The first kappa shape index (κ1) is 15.8. The minimum Gasteiger partial charge on any atom is -0.0984 e. The molecule has 1 aliphatic rings. The summed E-state index contributed by atoms with van der Waals surface area (Å²) in [5, 5.41) is 0. The van der Waals surface area contributed by atoms with Gasteiger partial charge in [0.15, 0.2) is 0 Å². The smallest absolute Gasteiger partial charge is 0.0181 e. The minimum atomic E-state index is 1.08. The van der Waals surface area contributed by atoms with Crippen molar-refractivity contribution in [3.63, 3.8) is 0 Å². The molecule has 0 saturated carbocycles. The Morgan fingerprint density at radius 1 is 0.957 bits per heavy atom. The van der Waals surface area contributed by atoms with Crippen molar-refractivity contribution in [2.75, 3.05) is 0 Å². The molecule has 0 heterocycles. The van der Waals surface area contributed by atoms with E-state index in [2.05, 4.69) is 85.4 Å². The number of fused-ring (bicyclic) bond motifs is 1. The van der Waals surface area contributed by atoms with Gasteiger partial charge in [0.05, 0.1) is 0 Å². The first-order valence-corrected chi connectivity index (χ1v) is 8.50. The molecule has 0 unspecified atom stereocenters. The molecule has 2 aromatic rings. The highest BCUT2D eigenvalue weighted by Gasteiger charge is 2.27. The Morgan fingerprint density at radius 2 is 1.65 bits per heavy atom. The molecular weight excluding hydrogens is 344 g/mol. The molecule has 0 aromatic heterocycles. The summed E-state index contributed by atoms with van der Waals surface area (Å²) in [7, 11) is 0. The van der Waals surface area contributed by atoms with Gasteiger partial charge in [0.2, 0.25) is 0 Å². The van der Waals surface area contributed by atoms with Crippen molar-refractivity contribution in [2.45, 2.75) is 13.8 Å². The Hall–Kier alpha value is -2.12. The lowest BCUT2D eigenvalue weighted by atomic mass is 9.91. The van der Waals surface area contributed by atoms with E-state index in [9.17, 15) is 0 Å². The average molecular weight is 363 g/mol. The summed E-state index contributed by atoms with van der Waals surface area (Å²) in [6, 6.07) is 12.8. The van der Waals surface area contributed by atoms with Crippen LogP contribution in [0.25, 0.3) is 28.3 Å². The van der Waals surface area contributed by atoms with Crippen LogP contribution in [0.5, 0.6) is 0 Å². The fourth-order valence-electron chi connectivity index (χ4n) is 3.37. The van der Waals surface area contributed by atoms with Gasteiger partial charge in [-0.3, -0.25) is 0 Å². The molecule has 0 fully saturated rings. The van der Waals surface area contributed by atoms with Crippen LogP contribution in [0.3, 0.4) is 0 Å². The van der Waals surface area contributed by atoms with Crippen LogP contribution in [0.2, 0.25) is 0 Å². The van der Waals surface area contributed by atoms with Crippen molar-refractivity contribution in [3.8, 4) is 11.1 Å². The van der Waals surface area contributed by atoms with Crippen molar-refractivity contribution < 1.29 is 0 Å². The summed E-state index contributed by atoms with van der Waals surface area (Å²) in [4.78, 5) is 0. The minimum absolute atomic E-state index is 1.08. The summed E-state index contributed by atoms with van der Waals surface area (Å²) in [6.45, 7) is 12.6. The third-order valence-electron chi connectivity index (χ3n) is 4.37. The topological polar surface area (TPSA) is 0 Å². The van der Waals surface area contributed by atoms with E-state index in [-0.39, 0.29) is 0 Å². The van der Waals surface area contributed by atoms with Crippen LogP contribution < -0.4 is 0 Å². The summed E-state index contributed by atoms with van der Waals surface area (Å²) in [5.41, 5.74) is 9.55. The Kier molecular flexibility index (Phi) is 4.23. The normalized spacial score (nSPS) is 16.9. The molecule has 2 aromatic carbocycles. The molecule has 0 nitrogen and oxygen atoms in total. The van der Waals surface area contributed by atoms with E-state index in [0.717, 1.165) is 15.6 Å². The zero-order chi connectivity index (χ0) is 16.6. The van der Waals surface area contributed by atoms with Crippen molar-refractivity contribution in [3.05, 3.63) is 88.4 Å². The quantitative estimate of drug-likeness (QED) is 0.532. The summed E-state index contributed by atoms with van der Waals surface area (Å²) >= 11 is 3.56. The molecule has 0 radical (unpaired) electrons. The SMILES string of the molecule is C=Cc1c(-c2cccc(Br)c2)ccc2c1C(=C)C(=C/C)/C2=C\C. The molecule has 0 atom stereocenters. The predicted octanol–water partition coefficient (Wildman–Crippen LogP) is 7.14. The van der Waals surface area contributed by atoms with E-state index in [0.29, 0.717) is 0 Å². The molecular formula is C22H19Br. The molecule has 0 spiro atoms. The van der Waals surface area contributed by atoms with Gasteiger partial charge in [0, 0.05) is 4.47 Å². The number of allylic oxidation sites excluding steroid dienone is 5. The van der Waals surface area contributed by atoms with Crippen molar-refractivity contribution in [1.82, 2.24) is 0 Å². The Labute approximate surface area is 146 Å². The maximum absolute atomic E-state index is 4.34. The number of hydrogen-bond acceptors (Lipinski definition) is 0. The van der Waals surface area contributed by atoms with Gasteiger partial charge >= 0.3 is 0 Å². The Bertz CT molecular complexity index is 879. The molecule has 114 valence electrons. The van der Waals surface area contributed by atoms with Crippen LogP contribution in [0, 0.1) is 0 Å². The molecule has 0 bridgehead atoms. The standard InChI is InChI=1S/C22H19Br/c1-5-17-14(4)22-19(7-3)20(11-12-21(22)18(17)6-2)15-9-8-10-16(23)13-15/h5-13H,3-4H2,1-2H3/b17-5-,18-6+. The van der Waals surface area contributed by atoms with Crippen LogP contribution >= 0.6 is 15.9 Å². The van der Waals surface area contributed by atoms with Gasteiger partial charge < -0.3 is 0 Å². The van der Waals surface area contributed by atoms with E-state index in [1.807, 2.05) is 12.1 Å². The first-order valence-electron chi connectivity index (χ1n) is 7.70. The van der Waals surface area contributed by atoms with Crippen LogP contribution in [-0.4, -0.2) is 0 Å². The first-order chi connectivity index (χ1) is 11.1. The molecule has 23 heavy (non-hydrogen) atoms. The van der Waals surface area contributed by atoms with Gasteiger partial charge in [-0.25, -0.2) is 0 Å². The molecule has 3 rings (SSSR count). The summed E-state index contributed by atoms with van der Waals surface area (Å²) < 4.78 is 1.08. The second kappa shape index (κ2) is 6.17. The highest BCUT2D eigenvalue weighted by Crippen LogP contribution is 2.48. The van der Waals surface area contributed by atoms with Crippen molar-refractivity contribution in [1.29, 1.82) is 0 Å². The third kappa shape index (κ3) is 2.46. The second-order valence-electron chi connectivity index (χ2n) is 5.55. The van der Waals surface area contributed by atoms with E-state index in [4.69, 9.17) is 0 Å². The fraction of sp³-hybridized carbons (Fsp3) is 0.0909. The van der Waals surface area contributed by atoms with Gasteiger partial charge in [-0.1, -0.05) is 71.6 Å². The number of benzene rings is 2. The summed E-state index contributed by atoms with van der Waals surface area (Å²) in [5.74, 6) is 0. The molecule has 0 saturated heterocycles. The Balaban J connectivity index is 2.32.